The quantitative estimate of drug-likeness (QED) is 0.492. The van der Waals surface area contributed by atoms with Gasteiger partial charge in [0.25, 0.3) is 11.8 Å². The molecule has 0 spiro atoms. The molecule has 2 amide bonds. The van der Waals surface area contributed by atoms with E-state index < -0.39 is 11.8 Å². The third-order valence-corrected chi connectivity index (χ3v) is 6.00. The molecule has 0 unspecified atom stereocenters. The van der Waals surface area contributed by atoms with Gasteiger partial charge in [-0.15, -0.1) is 0 Å². The average Bonchev–Trinajstić information content (AvgIpc) is 2.98. The zero-order valence-corrected chi connectivity index (χ0v) is 18.5. The highest BCUT2D eigenvalue weighted by atomic mass is 35.5. The number of carbonyl (C=O) groups excluding carboxylic acids is 2. The van der Waals surface area contributed by atoms with Gasteiger partial charge < -0.3 is 10.1 Å². The van der Waals surface area contributed by atoms with Crippen LogP contribution in [-0.2, 0) is 9.59 Å². The number of benzene rings is 3. The number of anilines is 2. The summed E-state index contributed by atoms with van der Waals surface area (Å²) in [5.41, 5.74) is 2.28. The maximum Gasteiger partial charge on any atom is 0.283 e. The third kappa shape index (κ3) is 4.31. The summed E-state index contributed by atoms with van der Waals surface area (Å²) in [4.78, 5) is 29.2. The minimum absolute atomic E-state index is 0.214. The monoisotopic (exact) mass is 450 g/mol. The fourth-order valence-electron chi connectivity index (χ4n) is 3.24. The standard InChI is InChI=1S/C24H19ClN2O3S/c1-15-7-6-8-17(13-15)26-21-22(31-18-9-4-3-5-10-18)24(29)27(23(21)28)19-14-16(25)11-12-20(19)30-2/h3-14,26H,1-2H3. The van der Waals surface area contributed by atoms with Crippen LogP contribution in [0.3, 0.4) is 0 Å². The van der Waals surface area contributed by atoms with Crippen LogP contribution in [0.15, 0.2) is 88.3 Å². The fraction of sp³-hybridized carbons (Fsp3) is 0.0833. The molecule has 0 radical (unpaired) electrons. The molecule has 156 valence electrons. The summed E-state index contributed by atoms with van der Waals surface area (Å²) in [7, 11) is 1.48. The molecule has 0 aliphatic carbocycles. The summed E-state index contributed by atoms with van der Waals surface area (Å²) < 4.78 is 5.38. The van der Waals surface area contributed by atoms with Crippen molar-refractivity contribution in [2.45, 2.75) is 11.8 Å². The molecule has 7 heteroatoms. The van der Waals surface area contributed by atoms with E-state index in [0.29, 0.717) is 21.4 Å². The first kappa shape index (κ1) is 21.0. The average molecular weight is 451 g/mol. The zero-order chi connectivity index (χ0) is 22.0. The van der Waals surface area contributed by atoms with Crippen LogP contribution in [0.5, 0.6) is 5.75 Å². The predicted octanol–water partition coefficient (Wildman–Crippen LogP) is 5.65. The number of nitrogens with one attached hydrogen (secondary N) is 1. The summed E-state index contributed by atoms with van der Waals surface area (Å²) >= 11 is 7.40. The summed E-state index contributed by atoms with van der Waals surface area (Å²) in [6, 6.07) is 21.9. The highest BCUT2D eigenvalue weighted by Gasteiger charge is 2.41. The molecule has 0 fully saturated rings. The number of halogens is 1. The lowest BCUT2D eigenvalue weighted by atomic mass is 10.2. The molecule has 4 rings (SSSR count). The highest BCUT2D eigenvalue weighted by molar-refractivity contribution is 8.04. The molecule has 0 saturated carbocycles. The number of thioether (sulfide) groups is 1. The first-order valence-corrected chi connectivity index (χ1v) is 10.7. The van der Waals surface area contributed by atoms with Crippen molar-refractivity contribution >= 4 is 46.6 Å². The van der Waals surface area contributed by atoms with Crippen LogP contribution in [0.4, 0.5) is 11.4 Å². The Morgan fingerprint density at radius 2 is 1.71 bits per heavy atom. The lowest BCUT2D eigenvalue weighted by molar-refractivity contribution is -0.120. The van der Waals surface area contributed by atoms with Gasteiger partial charge in [0.1, 0.15) is 16.4 Å². The summed E-state index contributed by atoms with van der Waals surface area (Å²) in [5, 5.41) is 3.55. The lowest BCUT2D eigenvalue weighted by Crippen LogP contribution is -2.32. The summed E-state index contributed by atoms with van der Waals surface area (Å²) in [5.74, 6) is -0.521. The Hall–Kier alpha value is -3.22. The molecule has 1 heterocycles. The Balaban J connectivity index is 1.79. The molecule has 1 aliphatic rings. The van der Waals surface area contributed by atoms with Crippen LogP contribution in [0.25, 0.3) is 0 Å². The van der Waals surface area contributed by atoms with Crippen molar-refractivity contribution in [1.29, 1.82) is 0 Å². The topological polar surface area (TPSA) is 58.6 Å². The first-order chi connectivity index (χ1) is 15.0. The van der Waals surface area contributed by atoms with Crippen LogP contribution >= 0.6 is 23.4 Å². The molecule has 5 nitrogen and oxygen atoms in total. The molecular weight excluding hydrogens is 432 g/mol. The van der Waals surface area contributed by atoms with Crippen molar-refractivity contribution in [3.63, 3.8) is 0 Å². The Labute approximate surface area is 189 Å². The van der Waals surface area contributed by atoms with Gasteiger partial charge in [-0.25, -0.2) is 4.90 Å². The molecule has 1 aliphatic heterocycles. The number of ether oxygens (including phenoxy) is 1. The third-order valence-electron chi connectivity index (χ3n) is 4.67. The number of carbonyl (C=O) groups is 2. The first-order valence-electron chi connectivity index (χ1n) is 9.51. The number of aryl methyl sites for hydroxylation is 1. The van der Waals surface area contributed by atoms with Crippen LogP contribution in [0, 0.1) is 6.92 Å². The van der Waals surface area contributed by atoms with Gasteiger partial charge in [-0.05, 0) is 55.0 Å². The van der Waals surface area contributed by atoms with Crippen molar-refractivity contribution < 1.29 is 14.3 Å². The smallest absolute Gasteiger partial charge is 0.283 e. The van der Waals surface area contributed by atoms with E-state index in [9.17, 15) is 9.59 Å². The van der Waals surface area contributed by atoms with E-state index >= 15 is 0 Å². The Morgan fingerprint density at radius 1 is 0.935 bits per heavy atom. The van der Waals surface area contributed by atoms with Gasteiger partial charge in [0.2, 0.25) is 0 Å². The minimum atomic E-state index is -0.467. The second-order valence-electron chi connectivity index (χ2n) is 6.88. The van der Waals surface area contributed by atoms with E-state index in [1.54, 1.807) is 18.2 Å². The molecular formula is C24H19ClN2O3S. The Morgan fingerprint density at radius 3 is 2.42 bits per heavy atom. The lowest BCUT2D eigenvalue weighted by Gasteiger charge is -2.18. The number of rotatable bonds is 6. The Kier molecular flexibility index (Phi) is 6.02. The number of imide groups is 1. The van der Waals surface area contributed by atoms with Gasteiger partial charge in [-0.3, -0.25) is 9.59 Å². The summed E-state index contributed by atoms with van der Waals surface area (Å²) in [6.07, 6.45) is 0. The van der Waals surface area contributed by atoms with Crippen molar-refractivity contribution in [2.24, 2.45) is 0 Å². The normalized spacial score (nSPS) is 13.7. The molecule has 3 aromatic rings. The number of amides is 2. The van der Waals surface area contributed by atoms with Gasteiger partial charge in [-0.2, -0.15) is 0 Å². The molecule has 1 N–H and O–H groups in total. The minimum Gasteiger partial charge on any atom is -0.495 e. The van der Waals surface area contributed by atoms with Gasteiger partial charge in [0, 0.05) is 15.6 Å². The van der Waals surface area contributed by atoms with E-state index in [1.807, 2.05) is 61.5 Å². The van der Waals surface area contributed by atoms with Crippen LogP contribution in [0.1, 0.15) is 5.56 Å². The van der Waals surface area contributed by atoms with Gasteiger partial charge in [-0.1, -0.05) is 53.7 Å². The molecule has 3 aromatic carbocycles. The van der Waals surface area contributed by atoms with E-state index in [4.69, 9.17) is 16.3 Å². The number of hydrogen-bond acceptors (Lipinski definition) is 5. The highest BCUT2D eigenvalue weighted by Crippen LogP contribution is 2.41. The second-order valence-corrected chi connectivity index (χ2v) is 8.40. The Bertz CT molecular complexity index is 1190. The van der Waals surface area contributed by atoms with Crippen LogP contribution in [0.2, 0.25) is 5.02 Å². The van der Waals surface area contributed by atoms with E-state index in [-0.39, 0.29) is 5.70 Å². The maximum atomic E-state index is 13.5. The largest absolute Gasteiger partial charge is 0.495 e. The van der Waals surface area contributed by atoms with Crippen molar-refractivity contribution in [3.8, 4) is 5.75 Å². The molecule has 0 saturated heterocycles. The fourth-order valence-corrected chi connectivity index (χ4v) is 4.36. The number of methoxy groups -OCH3 is 1. The second kappa shape index (κ2) is 8.88. The molecule has 0 aromatic heterocycles. The van der Waals surface area contributed by atoms with Crippen LogP contribution < -0.4 is 15.0 Å². The number of nitrogens with zero attached hydrogens (tertiary/aromatic N) is 1. The molecule has 31 heavy (non-hydrogen) atoms. The maximum absolute atomic E-state index is 13.5. The van der Waals surface area contributed by atoms with Gasteiger partial charge in [0.05, 0.1) is 12.8 Å². The molecule has 0 atom stereocenters. The van der Waals surface area contributed by atoms with Crippen molar-refractivity contribution in [1.82, 2.24) is 0 Å². The predicted molar refractivity (Wildman–Crippen MR) is 125 cm³/mol. The summed E-state index contributed by atoms with van der Waals surface area (Å²) in [6.45, 7) is 1.96. The SMILES string of the molecule is COc1ccc(Cl)cc1N1C(=O)C(Nc2cccc(C)c2)=C(Sc2ccccc2)C1=O. The van der Waals surface area contributed by atoms with Crippen molar-refractivity contribution in [2.75, 3.05) is 17.3 Å². The van der Waals surface area contributed by atoms with Gasteiger partial charge >= 0.3 is 0 Å². The number of hydrogen-bond donors (Lipinski definition) is 1. The van der Waals surface area contributed by atoms with E-state index in [1.165, 1.54) is 18.9 Å². The van der Waals surface area contributed by atoms with E-state index in [0.717, 1.165) is 21.0 Å². The zero-order valence-electron chi connectivity index (χ0n) is 16.9. The van der Waals surface area contributed by atoms with Crippen LogP contribution in [-0.4, -0.2) is 18.9 Å². The molecule has 0 bridgehead atoms. The van der Waals surface area contributed by atoms with Crippen molar-refractivity contribution in [3.05, 3.63) is 94.0 Å². The van der Waals surface area contributed by atoms with E-state index in [2.05, 4.69) is 5.32 Å². The van der Waals surface area contributed by atoms with Gasteiger partial charge in [0.15, 0.2) is 0 Å².